The van der Waals surface area contributed by atoms with Crippen molar-refractivity contribution in [2.45, 2.75) is 13.0 Å². The molecule has 0 aliphatic carbocycles. The van der Waals surface area contributed by atoms with Gasteiger partial charge in [-0.3, -0.25) is 4.68 Å². The monoisotopic (exact) mass is 339 g/mol. The van der Waals surface area contributed by atoms with Crippen LogP contribution in [0.15, 0.2) is 30.7 Å². The van der Waals surface area contributed by atoms with Crippen molar-refractivity contribution in [3.63, 3.8) is 0 Å². The Kier molecular flexibility index (Phi) is 4.84. The summed E-state index contributed by atoms with van der Waals surface area (Å²) in [6.45, 7) is 4.56. The molecular weight excluding hydrogens is 318 g/mol. The Morgan fingerprint density at radius 2 is 2.12 bits per heavy atom. The Morgan fingerprint density at radius 1 is 1.36 bits per heavy atom. The van der Waals surface area contributed by atoms with Crippen LogP contribution in [0.1, 0.15) is 24.1 Å². The first kappa shape index (κ1) is 16.8. The van der Waals surface area contributed by atoms with Gasteiger partial charge in [0.2, 0.25) is 0 Å². The molecule has 1 fully saturated rings. The van der Waals surface area contributed by atoms with Gasteiger partial charge in [-0.05, 0) is 19.1 Å². The first-order valence-electron chi connectivity index (χ1n) is 8.22. The van der Waals surface area contributed by atoms with Gasteiger partial charge in [0.25, 0.3) is 0 Å². The summed E-state index contributed by atoms with van der Waals surface area (Å²) in [5.41, 5.74) is 1.57. The van der Waals surface area contributed by atoms with Crippen LogP contribution in [0.4, 0.5) is 10.6 Å². The summed E-state index contributed by atoms with van der Waals surface area (Å²) in [6.07, 6.45) is 5.30. The Hall–Kier alpha value is -3.08. The van der Waals surface area contributed by atoms with E-state index in [0.29, 0.717) is 31.7 Å². The molecule has 0 saturated carbocycles. The van der Waals surface area contributed by atoms with E-state index < -0.39 is 0 Å². The zero-order valence-corrected chi connectivity index (χ0v) is 14.4. The number of hydrogen-bond acceptors (Lipinski definition) is 5. The number of carbonyl (C=O) groups is 1. The summed E-state index contributed by atoms with van der Waals surface area (Å²) in [6, 6.07) is 5.43. The molecule has 0 radical (unpaired) electrons. The van der Waals surface area contributed by atoms with Crippen LogP contribution >= 0.6 is 0 Å². The number of amides is 2. The average Bonchev–Trinajstić information content (AvgIpc) is 3.08. The number of urea groups is 1. The average molecular weight is 339 g/mol. The smallest absolute Gasteiger partial charge is 0.317 e. The third kappa shape index (κ3) is 3.88. The maximum Gasteiger partial charge on any atom is 0.317 e. The number of aromatic nitrogens is 3. The highest BCUT2D eigenvalue weighted by molar-refractivity contribution is 5.75. The molecule has 3 rings (SSSR count). The molecular formula is C17H21N7O. The van der Waals surface area contributed by atoms with Crippen molar-refractivity contribution in [2.75, 3.05) is 31.1 Å². The molecule has 0 aromatic carbocycles. The SMILES string of the molecule is CC(NC(=O)N1CCN(c2cc(C#N)ccn2)CC1)c1cnn(C)c1. The summed E-state index contributed by atoms with van der Waals surface area (Å²) in [5, 5.41) is 16.1. The zero-order valence-electron chi connectivity index (χ0n) is 14.4. The lowest BCUT2D eigenvalue weighted by Crippen LogP contribution is -2.52. The summed E-state index contributed by atoms with van der Waals surface area (Å²) in [5.74, 6) is 0.780. The summed E-state index contributed by atoms with van der Waals surface area (Å²) in [7, 11) is 1.85. The summed E-state index contributed by atoms with van der Waals surface area (Å²) >= 11 is 0. The molecule has 0 spiro atoms. The van der Waals surface area contributed by atoms with Gasteiger partial charge in [-0.15, -0.1) is 0 Å². The number of carbonyl (C=O) groups excluding carboxylic acids is 1. The molecule has 3 heterocycles. The topological polar surface area (TPSA) is 90.1 Å². The molecule has 2 aromatic rings. The van der Waals surface area contributed by atoms with Crippen molar-refractivity contribution in [1.82, 2.24) is 25.0 Å². The highest BCUT2D eigenvalue weighted by atomic mass is 16.2. The van der Waals surface area contributed by atoms with Crippen LogP contribution in [0.2, 0.25) is 0 Å². The number of aryl methyl sites for hydroxylation is 1. The van der Waals surface area contributed by atoms with Crippen LogP contribution < -0.4 is 10.2 Å². The van der Waals surface area contributed by atoms with Crippen LogP contribution in [0, 0.1) is 11.3 Å². The fourth-order valence-corrected chi connectivity index (χ4v) is 2.82. The number of nitrogens with one attached hydrogen (secondary N) is 1. The highest BCUT2D eigenvalue weighted by Gasteiger charge is 2.23. The van der Waals surface area contributed by atoms with Crippen molar-refractivity contribution in [1.29, 1.82) is 5.26 Å². The van der Waals surface area contributed by atoms with E-state index in [9.17, 15) is 4.79 Å². The second-order valence-electron chi connectivity index (χ2n) is 6.11. The van der Waals surface area contributed by atoms with Gasteiger partial charge in [0, 0.05) is 51.2 Å². The van der Waals surface area contributed by atoms with Gasteiger partial charge in [-0.2, -0.15) is 10.4 Å². The third-order valence-electron chi connectivity index (χ3n) is 4.33. The molecule has 25 heavy (non-hydrogen) atoms. The van der Waals surface area contributed by atoms with Crippen LogP contribution in [-0.4, -0.2) is 51.9 Å². The molecule has 8 nitrogen and oxygen atoms in total. The van der Waals surface area contributed by atoms with Crippen molar-refractivity contribution < 1.29 is 4.79 Å². The van der Waals surface area contributed by atoms with Gasteiger partial charge < -0.3 is 15.1 Å². The zero-order chi connectivity index (χ0) is 17.8. The molecule has 1 unspecified atom stereocenters. The fourth-order valence-electron chi connectivity index (χ4n) is 2.82. The molecule has 2 amide bonds. The molecule has 1 N–H and O–H groups in total. The Labute approximate surface area is 146 Å². The number of piperazine rings is 1. The standard InChI is InChI=1S/C17H21N7O/c1-13(15-11-20-22(2)12-15)21-17(25)24-7-5-23(6-8-24)16-9-14(10-18)3-4-19-16/h3-4,9,11-13H,5-8H2,1-2H3,(H,21,25). The minimum Gasteiger partial charge on any atom is -0.353 e. The first-order chi connectivity index (χ1) is 12.1. The maximum absolute atomic E-state index is 12.4. The van der Waals surface area contributed by atoms with E-state index in [0.717, 1.165) is 11.4 Å². The summed E-state index contributed by atoms with van der Waals surface area (Å²) in [4.78, 5) is 20.7. The number of rotatable bonds is 3. The van der Waals surface area contributed by atoms with Gasteiger partial charge in [0.05, 0.1) is 23.9 Å². The molecule has 1 atom stereocenters. The van der Waals surface area contributed by atoms with Crippen LogP contribution in [-0.2, 0) is 7.05 Å². The minimum absolute atomic E-state index is 0.0743. The maximum atomic E-state index is 12.4. The molecule has 0 bridgehead atoms. The fraction of sp³-hybridized carbons (Fsp3) is 0.412. The van der Waals surface area contributed by atoms with E-state index in [1.807, 2.05) is 20.2 Å². The number of pyridine rings is 1. The molecule has 1 saturated heterocycles. The predicted molar refractivity (Wildman–Crippen MR) is 92.9 cm³/mol. The van der Waals surface area contributed by atoms with Gasteiger partial charge in [0.1, 0.15) is 5.82 Å². The van der Waals surface area contributed by atoms with E-state index in [1.165, 1.54) is 0 Å². The van der Waals surface area contributed by atoms with E-state index >= 15 is 0 Å². The lowest BCUT2D eigenvalue weighted by atomic mass is 10.2. The lowest BCUT2D eigenvalue weighted by molar-refractivity contribution is 0.191. The molecule has 2 aromatic heterocycles. The third-order valence-corrected chi connectivity index (χ3v) is 4.33. The number of anilines is 1. The Bertz CT molecular complexity index is 786. The van der Waals surface area contributed by atoms with Crippen molar-refractivity contribution in [3.8, 4) is 6.07 Å². The Morgan fingerprint density at radius 3 is 2.76 bits per heavy atom. The van der Waals surface area contributed by atoms with Crippen molar-refractivity contribution in [2.24, 2.45) is 7.05 Å². The molecule has 1 aliphatic heterocycles. The van der Waals surface area contributed by atoms with Gasteiger partial charge in [-0.1, -0.05) is 0 Å². The van der Waals surface area contributed by atoms with Gasteiger partial charge >= 0.3 is 6.03 Å². The number of hydrogen-bond donors (Lipinski definition) is 1. The first-order valence-corrected chi connectivity index (χ1v) is 8.22. The molecule has 130 valence electrons. The number of nitriles is 1. The summed E-state index contributed by atoms with van der Waals surface area (Å²) < 4.78 is 1.72. The molecule has 1 aliphatic rings. The molecule has 8 heteroatoms. The van der Waals surface area contributed by atoms with E-state index in [2.05, 4.69) is 26.4 Å². The van der Waals surface area contributed by atoms with E-state index in [1.54, 1.807) is 34.1 Å². The lowest BCUT2D eigenvalue weighted by Gasteiger charge is -2.35. The number of nitrogens with zero attached hydrogens (tertiary/aromatic N) is 6. The Balaban J connectivity index is 1.54. The quantitative estimate of drug-likeness (QED) is 0.910. The highest BCUT2D eigenvalue weighted by Crippen LogP contribution is 2.16. The normalized spacial score (nSPS) is 15.6. The van der Waals surface area contributed by atoms with E-state index in [4.69, 9.17) is 5.26 Å². The van der Waals surface area contributed by atoms with Gasteiger partial charge in [-0.25, -0.2) is 9.78 Å². The van der Waals surface area contributed by atoms with Crippen LogP contribution in [0.3, 0.4) is 0 Å². The van der Waals surface area contributed by atoms with Gasteiger partial charge in [0.15, 0.2) is 0 Å². The van der Waals surface area contributed by atoms with E-state index in [-0.39, 0.29) is 12.1 Å². The predicted octanol–water partition coefficient (Wildman–Crippen LogP) is 1.28. The van der Waals surface area contributed by atoms with Crippen molar-refractivity contribution in [3.05, 3.63) is 41.9 Å². The van der Waals surface area contributed by atoms with Crippen LogP contribution in [0.5, 0.6) is 0 Å². The van der Waals surface area contributed by atoms with Crippen LogP contribution in [0.25, 0.3) is 0 Å². The largest absolute Gasteiger partial charge is 0.353 e. The second kappa shape index (κ2) is 7.21. The minimum atomic E-state index is -0.0896. The second-order valence-corrected chi connectivity index (χ2v) is 6.11. The van der Waals surface area contributed by atoms with Crippen molar-refractivity contribution >= 4 is 11.8 Å².